The topological polar surface area (TPSA) is 56.5 Å². The number of ether oxygens (including phenoxy) is 1. The first-order chi connectivity index (χ1) is 11.2. The standard InChI is InChI=1S/C19H12O4/c1-22-19(21)12-6-8-14-16(10-12)23-15-9-7-11-4-2-3-5-13(11)17(15)18(14)20/h2-10H,1H3. The molecule has 0 aliphatic rings. The molecule has 4 rings (SSSR count). The van der Waals surface area contributed by atoms with Crippen LogP contribution in [0.15, 0.2) is 63.8 Å². The van der Waals surface area contributed by atoms with E-state index < -0.39 is 5.97 Å². The zero-order valence-electron chi connectivity index (χ0n) is 12.3. The van der Waals surface area contributed by atoms with Gasteiger partial charge in [-0.05, 0) is 35.0 Å². The molecule has 23 heavy (non-hydrogen) atoms. The van der Waals surface area contributed by atoms with Gasteiger partial charge in [0.2, 0.25) is 5.43 Å². The summed E-state index contributed by atoms with van der Waals surface area (Å²) in [5.41, 5.74) is 1.13. The molecule has 1 aromatic heterocycles. The van der Waals surface area contributed by atoms with Gasteiger partial charge in [-0.2, -0.15) is 0 Å². The minimum atomic E-state index is -0.465. The fraction of sp³-hybridized carbons (Fsp3) is 0.0526. The molecule has 0 aliphatic heterocycles. The predicted octanol–water partition coefficient (Wildman–Crippen LogP) is 3.89. The van der Waals surface area contributed by atoms with Crippen molar-refractivity contribution in [2.24, 2.45) is 0 Å². The summed E-state index contributed by atoms with van der Waals surface area (Å²) in [7, 11) is 1.31. The maximum atomic E-state index is 12.9. The predicted molar refractivity (Wildman–Crippen MR) is 88.8 cm³/mol. The first kappa shape index (κ1) is 13.5. The highest BCUT2D eigenvalue weighted by Gasteiger charge is 2.13. The van der Waals surface area contributed by atoms with Crippen molar-refractivity contribution in [3.8, 4) is 0 Å². The first-order valence-corrected chi connectivity index (χ1v) is 7.15. The lowest BCUT2D eigenvalue weighted by Crippen LogP contribution is -2.05. The number of carbonyl (C=O) groups is 1. The van der Waals surface area contributed by atoms with E-state index in [1.807, 2.05) is 30.3 Å². The van der Waals surface area contributed by atoms with Gasteiger partial charge in [0.15, 0.2) is 0 Å². The van der Waals surface area contributed by atoms with Gasteiger partial charge in [-0.15, -0.1) is 0 Å². The third-order valence-electron chi connectivity index (χ3n) is 3.99. The second kappa shape index (κ2) is 4.95. The molecule has 0 saturated heterocycles. The third-order valence-corrected chi connectivity index (χ3v) is 3.99. The molecule has 0 atom stereocenters. The zero-order chi connectivity index (χ0) is 16.0. The van der Waals surface area contributed by atoms with Crippen LogP contribution in [0.25, 0.3) is 32.7 Å². The van der Waals surface area contributed by atoms with E-state index >= 15 is 0 Å². The average Bonchev–Trinajstić information content (AvgIpc) is 2.60. The van der Waals surface area contributed by atoms with E-state index in [0.717, 1.165) is 10.8 Å². The molecule has 4 aromatic rings. The van der Waals surface area contributed by atoms with Gasteiger partial charge in [-0.1, -0.05) is 30.3 Å². The van der Waals surface area contributed by atoms with Gasteiger partial charge in [-0.3, -0.25) is 4.79 Å². The van der Waals surface area contributed by atoms with Crippen molar-refractivity contribution >= 4 is 38.7 Å². The molecule has 3 aromatic carbocycles. The van der Waals surface area contributed by atoms with Crippen LogP contribution in [0.5, 0.6) is 0 Å². The Labute approximate surface area is 130 Å². The van der Waals surface area contributed by atoms with E-state index in [-0.39, 0.29) is 5.43 Å². The van der Waals surface area contributed by atoms with E-state index in [0.29, 0.717) is 27.5 Å². The SMILES string of the molecule is COC(=O)c1ccc2c(=O)c3c(ccc4ccccc43)oc2c1. The number of fused-ring (bicyclic) bond motifs is 4. The summed E-state index contributed by atoms with van der Waals surface area (Å²) in [6, 6.07) is 16.1. The van der Waals surface area contributed by atoms with Crippen molar-refractivity contribution in [3.05, 3.63) is 70.4 Å². The number of carbonyl (C=O) groups excluding carboxylic acids is 1. The molecule has 4 heteroatoms. The van der Waals surface area contributed by atoms with Crippen LogP contribution in [0.2, 0.25) is 0 Å². The second-order valence-electron chi connectivity index (χ2n) is 5.29. The van der Waals surface area contributed by atoms with Gasteiger partial charge in [0.25, 0.3) is 0 Å². The van der Waals surface area contributed by atoms with Crippen molar-refractivity contribution in [2.45, 2.75) is 0 Å². The summed E-state index contributed by atoms with van der Waals surface area (Å²) in [5.74, 6) is -0.465. The van der Waals surface area contributed by atoms with E-state index in [4.69, 9.17) is 9.15 Å². The van der Waals surface area contributed by atoms with E-state index in [2.05, 4.69) is 0 Å². The largest absolute Gasteiger partial charge is 0.465 e. The molecular formula is C19H12O4. The minimum absolute atomic E-state index is 0.102. The molecule has 0 radical (unpaired) electrons. The minimum Gasteiger partial charge on any atom is -0.465 e. The lowest BCUT2D eigenvalue weighted by Gasteiger charge is -2.06. The van der Waals surface area contributed by atoms with Crippen molar-refractivity contribution in [3.63, 3.8) is 0 Å². The number of hydrogen-bond acceptors (Lipinski definition) is 4. The normalized spacial score (nSPS) is 11.2. The Morgan fingerprint density at radius 2 is 1.78 bits per heavy atom. The van der Waals surface area contributed by atoms with E-state index in [1.54, 1.807) is 18.2 Å². The maximum Gasteiger partial charge on any atom is 0.337 e. The zero-order valence-corrected chi connectivity index (χ0v) is 12.3. The van der Waals surface area contributed by atoms with Crippen LogP contribution in [-0.2, 0) is 4.74 Å². The highest BCUT2D eigenvalue weighted by atomic mass is 16.5. The Bertz CT molecular complexity index is 1140. The van der Waals surface area contributed by atoms with Crippen LogP contribution < -0.4 is 5.43 Å². The molecule has 0 bridgehead atoms. The van der Waals surface area contributed by atoms with Crippen LogP contribution in [0.4, 0.5) is 0 Å². The highest BCUT2D eigenvalue weighted by Crippen LogP contribution is 2.26. The summed E-state index contributed by atoms with van der Waals surface area (Å²) in [5, 5.41) is 2.85. The second-order valence-corrected chi connectivity index (χ2v) is 5.29. The van der Waals surface area contributed by atoms with Gasteiger partial charge >= 0.3 is 5.97 Å². The van der Waals surface area contributed by atoms with Crippen LogP contribution >= 0.6 is 0 Å². The van der Waals surface area contributed by atoms with Gasteiger partial charge < -0.3 is 9.15 Å². The Morgan fingerprint density at radius 3 is 2.61 bits per heavy atom. The van der Waals surface area contributed by atoms with E-state index in [9.17, 15) is 9.59 Å². The summed E-state index contributed by atoms with van der Waals surface area (Å²) in [6.07, 6.45) is 0. The van der Waals surface area contributed by atoms with Crippen LogP contribution in [0.1, 0.15) is 10.4 Å². The lowest BCUT2D eigenvalue weighted by molar-refractivity contribution is 0.0601. The molecule has 0 amide bonds. The van der Waals surface area contributed by atoms with Crippen molar-refractivity contribution in [2.75, 3.05) is 7.11 Å². The third kappa shape index (κ3) is 1.99. The van der Waals surface area contributed by atoms with Crippen LogP contribution in [0, 0.1) is 0 Å². The van der Waals surface area contributed by atoms with Crippen LogP contribution in [-0.4, -0.2) is 13.1 Å². The first-order valence-electron chi connectivity index (χ1n) is 7.15. The number of benzene rings is 3. The Hall–Kier alpha value is -3.14. The maximum absolute atomic E-state index is 12.9. The lowest BCUT2D eigenvalue weighted by atomic mass is 10.0. The Kier molecular flexibility index (Phi) is 2.91. The summed E-state index contributed by atoms with van der Waals surface area (Å²) >= 11 is 0. The highest BCUT2D eigenvalue weighted by molar-refractivity contribution is 6.08. The Balaban J connectivity index is 2.14. The van der Waals surface area contributed by atoms with Gasteiger partial charge in [0, 0.05) is 0 Å². The fourth-order valence-corrected chi connectivity index (χ4v) is 2.86. The molecule has 1 heterocycles. The quantitative estimate of drug-likeness (QED) is 0.304. The average molecular weight is 304 g/mol. The number of rotatable bonds is 1. The fourth-order valence-electron chi connectivity index (χ4n) is 2.86. The molecule has 0 fully saturated rings. The van der Waals surface area contributed by atoms with E-state index in [1.165, 1.54) is 13.2 Å². The molecule has 0 aliphatic carbocycles. The van der Waals surface area contributed by atoms with Gasteiger partial charge in [0.1, 0.15) is 11.2 Å². The molecular weight excluding hydrogens is 292 g/mol. The summed E-state index contributed by atoms with van der Waals surface area (Å²) < 4.78 is 10.6. The molecule has 112 valence electrons. The Morgan fingerprint density at radius 1 is 0.957 bits per heavy atom. The summed E-state index contributed by atoms with van der Waals surface area (Å²) in [4.78, 5) is 24.5. The number of hydrogen-bond donors (Lipinski definition) is 0. The molecule has 4 nitrogen and oxygen atoms in total. The van der Waals surface area contributed by atoms with Crippen molar-refractivity contribution in [1.29, 1.82) is 0 Å². The summed E-state index contributed by atoms with van der Waals surface area (Å²) in [6.45, 7) is 0. The number of esters is 1. The van der Waals surface area contributed by atoms with Crippen LogP contribution in [0.3, 0.4) is 0 Å². The van der Waals surface area contributed by atoms with Crippen molar-refractivity contribution < 1.29 is 13.9 Å². The molecule has 0 saturated carbocycles. The number of methoxy groups -OCH3 is 1. The molecule has 0 unspecified atom stereocenters. The monoisotopic (exact) mass is 304 g/mol. The molecule has 0 N–H and O–H groups in total. The smallest absolute Gasteiger partial charge is 0.337 e. The van der Waals surface area contributed by atoms with Gasteiger partial charge in [0.05, 0.1) is 23.4 Å². The van der Waals surface area contributed by atoms with Crippen molar-refractivity contribution in [1.82, 2.24) is 0 Å². The van der Waals surface area contributed by atoms with Gasteiger partial charge in [-0.25, -0.2) is 4.79 Å². The molecule has 0 spiro atoms.